The molecule has 1 unspecified atom stereocenters. The maximum Gasteiger partial charge on any atom is 0.191 e. The average Bonchev–Trinajstić information content (AvgIpc) is 3.06. The lowest BCUT2D eigenvalue weighted by Gasteiger charge is -2.36. The van der Waals surface area contributed by atoms with Gasteiger partial charge in [-0.15, -0.1) is 24.0 Å². The summed E-state index contributed by atoms with van der Waals surface area (Å²) in [6.07, 6.45) is 1.72. The van der Waals surface area contributed by atoms with Gasteiger partial charge in [0.05, 0.1) is 12.2 Å². The van der Waals surface area contributed by atoms with Crippen LogP contribution in [0.1, 0.15) is 44.7 Å². The molecule has 2 N–H and O–H groups in total. The minimum absolute atomic E-state index is 0. The Morgan fingerprint density at radius 2 is 1.85 bits per heavy atom. The Morgan fingerprint density at radius 1 is 1.15 bits per heavy atom. The number of nitrogens with one attached hydrogen (secondary N) is 2. The number of likely N-dealkylation sites (N-methyl/N-ethyl adjacent to an activating group) is 1. The van der Waals surface area contributed by atoms with E-state index in [1.54, 1.807) is 0 Å². The molecule has 1 aromatic rings. The van der Waals surface area contributed by atoms with Gasteiger partial charge in [0.25, 0.3) is 0 Å². The van der Waals surface area contributed by atoms with Crippen LogP contribution >= 0.6 is 24.0 Å². The number of guanidine groups is 1. The van der Waals surface area contributed by atoms with Crippen LogP contribution in [0.5, 0.6) is 0 Å². The second-order valence-corrected chi connectivity index (χ2v) is 7.00. The molecule has 0 amide bonds. The van der Waals surface area contributed by atoms with E-state index in [0.717, 1.165) is 75.1 Å². The van der Waals surface area contributed by atoms with Crippen molar-refractivity contribution in [3.63, 3.8) is 0 Å². The van der Waals surface area contributed by atoms with Crippen molar-refractivity contribution in [1.29, 1.82) is 0 Å². The molecule has 0 aliphatic carbocycles. The Balaban J connectivity index is 0.00000364. The quantitative estimate of drug-likeness (QED) is 0.329. The molecule has 1 aromatic heterocycles. The molecule has 0 spiro atoms. The molecule has 0 aromatic carbocycles. The molecule has 27 heavy (non-hydrogen) atoms. The van der Waals surface area contributed by atoms with E-state index >= 15 is 0 Å². The first kappa shape index (κ1) is 24.2. The monoisotopic (exact) mass is 492 g/mol. The zero-order valence-electron chi connectivity index (χ0n) is 17.5. The summed E-state index contributed by atoms with van der Waals surface area (Å²) in [5, 5.41) is 11.0. The molecule has 156 valence electrons. The topological polar surface area (TPSA) is 68.9 Å². The molecule has 0 bridgehead atoms. The van der Waals surface area contributed by atoms with E-state index in [2.05, 4.69) is 60.3 Å². The van der Waals surface area contributed by atoms with Crippen molar-refractivity contribution in [3.8, 4) is 0 Å². The van der Waals surface area contributed by atoms with E-state index in [1.165, 1.54) is 0 Å². The van der Waals surface area contributed by atoms with Crippen LogP contribution in [0.4, 0.5) is 0 Å². The second kappa shape index (κ2) is 12.6. The molecular weight excluding hydrogens is 455 g/mol. The molecule has 0 radical (unpaired) electrons. The lowest BCUT2D eigenvalue weighted by molar-refractivity contribution is 0.120. The molecule has 2 rings (SSSR count). The fourth-order valence-corrected chi connectivity index (χ4v) is 3.25. The van der Waals surface area contributed by atoms with Gasteiger partial charge >= 0.3 is 0 Å². The number of piperazine rings is 1. The third-order valence-corrected chi connectivity index (χ3v) is 5.07. The van der Waals surface area contributed by atoms with Crippen molar-refractivity contribution in [3.05, 3.63) is 17.0 Å². The van der Waals surface area contributed by atoms with E-state index in [9.17, 15) is 0 Å². The van der Waals surface area contributed by atoms with Gasteiger partial charge in [0.1, 0.15) is 5.76 Å². The zero-order chi connectivity index (χ0) is 18.9. The smallest absolute Gasteiger partial charge is 0.191 e. The summed E-state index contributed by atoms with van der Waals surface area (Å²) in [6, 6.07) is 0.487. The normalized spacial score (nSPS) is 17.4. The maximum atomic E-state index is 5.44. The zero-order valence-corrected chi connectivity index (χ0v) is 19.9. The van der Waals surface area contributed by atoms with Crippen LogP contribution in [0.15, 0.2) is 9.52 Å². The van der Waals surface area contributed by atoms with Crippen LogP contribution in [0.3, 0.4) is 0 Å². The van der Waals surface area contributed by atoms with Crippen LogP contribution < -0.4 is 10.6 Å². The number of aliphatic imine (C=N–C) groups is 1. The highest BCUT2D eigenvalue weighted by Crippen LogP contribution is 2.16. The van der Waals surface area contributed by atoms with Crippen LogP contribution in [-0.2, 0) is 19.4 Å². The van der Waals surface area contributed by atoms with Gasteiger partial charge in [-0.05, 0) is 27.3 Å². The number of halogens is 1. The predicted octanol–water partition coefficient (Wildman–Crippen LogP) is 2.11. The van der Waals surface area contributed by atoms with E-state index in [0.29, 0.717) is 12.6 Å². The number of hydrogen-bond donors (Lipinski definition) is 2. The number of rotatable bonds is 8. The van der Waals surface area contributed by atoms with Gasteiger partial charge < -0.3 is 20.1 Å². The fraction of sp³-hybridized carbons (Fsp3) is 0.789. The molecule has 1 aliphatic heterocycles. The Morgan fingerprint density at radius 3 is 2.44 bits per heavy atom. The Hall–Kier alpha value is -0.870. The summed E-state index contributed by atoms with van der Waals surface area (Å²) in [4.78, 5) is 9.70. The molecule has 1 aliphatic rings. The van der Waals surface area contributed by atoms with Crippen molar-refractivity contribution in [2.45, 2.75) is 53.1 Å². The average molecular weight is 492 g/mol. The van der Waals surface area contributed by atoms with Crippen molar-refractivity contribution in [1.82, 2.24) is 25.6 Å². The van der Waals surface area contributed by atoms with E-state index in [1.807, 2.05) is 0 Å². The van der Waals surface area contributed by atoms with Gasteiger partial charge in [0.15, 0.2) is 5.96 Å². The first-order valence-corrected chi connectivity index (χ1v) is 10.00. The number of hydrogen-bond acceptors (Lipinski definition) is 5. The van der Waals surface area contributed by atoms with Crippen molar-refractivity contribution in [2.24, 2.45) is 4.99 Å². The van der Waals surface area contributed by atoms with E-state index in [4.69, 9.17) is 9.52 Å². The van der Waals surface area contributed by atoms with Crippen molar-refractivity contribution < 1.29 is 4.52 Å². The van der Waals surface area contributed by atoms with Gasteiger partial charge in [0.2, 0.25) is 0 Å². The third-order valence-electron chi connectivity index (χ3n) is 5.07. The minimum Gasteiger partial charge on any atom is -0.361 e. The predicted molar refractivity (Wildman–Crippen MR) is 122 cm³/mol. The van der Waals surface area contributed by atoms with Gasteiger partial charge in [-0.3, -0.25) is 4.90 Å². The highest BCUT2D eigenvalue weighted by Gasteiger charge is 2.19. The number of nitrogens with zero attached hydrogens (tertiary/aromatic N) is 4. The van der Waals surface area contributed by atoms with E-state index < -0.39 is 0 Å². The van der Waals surface area contributed by atoms with Crippen LogP contribution in [-0.4, -0.2) is 73.3 Å². The lowest BCUT2D eigenvalue weighted by atomic mass is 10.1. The maximum absolute atomic E-state index is 5.44. The second-order valence-electron chi connectivity index (χ2n) is 7.00. The summed E-state index contributed by atoms with van der Waals surface area (Å²) >= 11 is 0. The van der Waals surface area contributed by atoms with Crippen LogP contribution in [0, 0.1) is 0 Å². The first-order valence-electron chi connectivity index (χ1n) is 10.00. The third kappa shape index (κ3) is 7.23. The standard InChI is InChI=1S/C19H36N6O.HI/c1-6-17-16(18(7-2)26-23-17)14-22-19(20-8-3)21-13-15(4)25-11-9-24(5)10-12-25;/h15H,6-14H2,1-5H3,(H2,20,21,22);1H. The Bertz CT molecular complexity index is 547. The van der Waals surface area contributed by atoms with Crippen LogP contribution in [0.25, 0.3) is 0 Å². The molecule has 1 atom stereocenters. The Kier molecular flexibility index (Phi) is 11.2. The molecular formula is C19H37IN6O. The molecule has 0 saturated carbocycles. The molecule has 1 saturated heterocycles. The largest absolute Gasteiger partial charge is 0.361 e. The lowest BCUT2D eigenvalue weighted by Crippen LogP contribution is -2.52. The molecule has 7 nitrogen and oxygen atoms in total. The minimum atomic E-state index is 0. The highest BCUT2D eigenvalue weighted by molar-refractivity contribution is 14.0. The fourth-order valence-electron chi connectivity index (χ4n) is 3.25. The van der Waals surface area contributed by atoms with Gasteiger partial charge in [-0.1, -0.05) is 19.0 Å². The van der Waals surface area contributed by atoms with Gasteiger partial charge in [-0.2, -0.15) is 0 Å². The summed E-state index contributed by atoms with van der Waals surface area (Å²) < 4.78 is 5.44. The van der Waals surface area contributed by atoms with E-state index in [-0.39, 0.29) is 24.0 Å². The first-order chi connectivity index (χ1) is 12.6. The summed E-state index contributed by atoms with van der Waals surface area (Å²) in [5.74, 6) is 1.81. The van der Waals surface area contributed by atoms with Gasteiger partial charge in [0, 0.05) is 57.3 Å². The number of aryl methyl sites for hydroxylation is 2. The van der Waals surface area contributed by atoms with Crippen LogP contribution in [0.2, 0.25) is 0 Å². The molecule has 1 fully saturated rings. The number of aromatic nitrogens is 1. The van der Waals surface area contributed by atoms with Crippen molar-refractivity contribution >= 4 is 29.9 Å². The SMILES string of the molecule is CCNC(=NCc1c(CC)noc1CC)NCC(C)N1CCN(C)CC1.I. The Labute approximate surface area is 181 Å². The summed E-state index contributed by atoms with van der Waals surface area (Å²) in [6.45, 7) is 15.5. The molecule has 8 heteroatoms. The summed E-state index contributed by atoms with van der Waals surface area (Å²) in [7, 11) is 2.19. The van der Waals surface area contributed by atoms with Gasteiger partial charge in [-0.25, -0.2) is 4.99 Å². The van der Waals surface area contributed by atoms with Crippen molar-refractivity contribution in [2.75, 3.05) is 46.3 Å². The summed E-state index contributed by atoms with van der Waals surface area (Å²) in [5.41, 5.74) is 2.16. The highest BCUT2D eigenvalue weighted by atomic mass is 127. The molecule has 2 heterocycles.